The molecule has 10 heteroatoms. The number of carbonyl (C=O) groups excluding carboxylic acids is 1. The van der Waals surface area contributed by atoms with Crippen molar-refractivity contribution in [2.75, 3.05) is 7.05 Å². The van der Waals surface area contributed by atoms with Crippen molar-refractivity contribution in [1.82, 2.24) is 15.0 Å². The summed E-state index contributed by atoms with van der Waals surface area (Å²) in [6, 6.07) is 7.64. The topological polar surface area (TPSA) is 97.6 Å². The van der Waals surface area contributed by atoms with Crippen molar-refractivity contribution in [2.24, 2.45) is 10.7 Å². The van der Waals surface area contributed by atoms with E-state index in [1.807, 2.05) is 0 Å². The summed E-state index contributed by atoms with van der Waals surface area (Å²) in [5, 5.41) is 3.80. The summed E-state index contributed by atoms with van der Waals surface area (Å²) >= 11 is 0. The highest BCUT2D eigenvalue weighted by Gasteiger charge is 2.52. The van der Waals surface area contributed by atoms with Crippen LogP contribution in [0.5, 0.6) is 0 Å². The van der Waals surface area contributed by atoms with E-state index >= 15 is 0 Å². The van der Waals surface area contributed by atoms with Crippen molar-refractivity contribution in [3.63, 3.8) is 0 Å². The van der Waals surface area contributed by atoms with E-state index in [0.717, 1.165) is 29.3 Å². The summed E-state index contributed by atoms with van der Waals surface area (Å²) in [5.74, 6) is -1.68. The first kappa shape index (κ1) is 18.7. The fourth-order valence-corrected chi connectivity index (χ4v) is 3.23. The van der Waals surface area contributed by atoms with Crippen LogP contribution in [0.1, 0.15) is 23.2 Å². The minimum atomic E-state index is -2.81. The second-order valence-corrected chi connectivity index (χ2v) is 6.40. The summed E-state index contributed by atoms with van der Waals surface area (Å²) in [5.41, 5.74) is 3.89. The minimum absolute atomic E-state index is 0.163. The molecular weight excluding hydrogens is 387 g/mol. The van der Waals surface area contributed by atoms with Crippen molar-refractivity contribution in [1.29, 1.82) is 0 Å². The van der Waals surface area contributed by atoms with E-state index in [2.05, 4.69) is 15.1 Å². The van der Waals surface area contributed by atoms with E-state index in [9.17, 15) is 18.0 Å². The van der Waals surface area contributed by atoms with Gasteiger partial charge in [0.15, 0.2) is 5.96 Å². The number of guanidine groups is 1. The maximum Gasteiger partial charge on any atom is 0.268 e. The number of nitrogens with two attached hydrogens (primary N) is 1. The quantitative estimate of drug-likeness (QED) is 0.725. The highest BCUT2D eigenvalue weighted by atomic mass is 19.3. The third kappa shape index (κ3) is 2.84. The Bertz CT molecular complexity index is 1120. The van der Waals surface area contributed by atoms with Crippen molar-refractivity contribution in [2.45, 2.75) is 12.0 Å². The molecule has 3 heterocycles. The number of alkyl halides is 2. The summed E-state index contributed by atoms with van der Waals surface area (Å²) in [6.07, 6.45) is -0.350. The molecule has 4 rings (SSSR count). The number of aliphatic imine (C=N–C) groups is 1. The van der Waals surface area contributed by atoms with Crippen LogP contribution < -0.4 is 5.73 Å². The Morgan fingerprint density at radius 1 is 1.21 bits per heavy atom. The molecule has 2 aromatic heterocycles. The van der Waals surface area contributed by atoms with E-state index in [4.69, 9.17) is 10.3 Å². The molecule has 0 saturated carbocycles. The third-order valence-electron chi connectivity index (χ3n) is 4.74. The number of pyridine rings is 1. The van der Waals surface area contributed by atoms with Gasteiger partial charge in [0, 0.05) is 36.0 Å². The van der Waals surface area contributed by atoms with Gasteiger partial charge in [-0.05, 0) is 30.3 Å². The molecule has 1 unspecified atom stereocenters. The van der Waals surface area contributed by atoms with Gasteiger partial charge in [-0.3, -0.25) is 14.7 Å². The van der Waals surface area contributed by atoms with Gasteiger partial charge in [0.2, 0.25) is 5.54 Å². The highest BCUT2D eigenvalue weighted by Crippen LogP contribution is 2.41. The van der Waals surface area contributed by atoms with Crippen molar-refractivity contribution in [3.8, 4) is 11.3 Å². The van der Waals surface area contributed by atoms with E-state index in [0.29, 0.717) is 11.3 Å². The van der Waals surface area contributed by atoms with Gasteiger partial charge in [0.05, 0.1) is 5.69 Å². The molecule has 0 radical (unpaired) electrons. The number of nitrogens with zero attached hydrogens (tertiary/aromatic N) is 4. The average Bonchev–Trinajstić information content (AvgIpc) is 3.33. The molecule has 29 heavy (non-hydrogen) atoms. The van der Waals surface area contributed by atoms with Crippen LogP contribution in [0.25, 0.3) is 11.3 Å². The van der Waals surface area contributed by atoms with Gasteiger partial charge < -0.3 is 10.3 Å². The van der Waals surface area contributed by atoms with Crippen molar-refractivity contribution < 1.29 is 22.5 Å². The first-order chi connectivity index (χ1) is 13.8. The second-order valence-electron chi connectivity index (χ2n) is 6.40. The standard InChI is InChI=1S/C19H14F3N5O2/c1-27-17(28)19(25-18(27)23,15-9-11(16(21)22)4-6-24-15)12-8-10(2-3-13(12)20)14-5-7-29-26-14/h2-9,16H,1H3,(H2,23,25). The molecule has 0 bridgehead atoms. The van der Waals surface area contributed by atoms with Crippen LogP contribution >= 0.6 is 0 Å². The van der Waals surface area contributed by atoms with Crippen molar-refractivity contribution in [3.05, 3.63) is 71.5 Å². The Morgan fingerprint density at radius 3 is 2.62 bits per heavy atom. The number of halogens is 3. The molecule has 1 aliphatic heterocycles. The molecule has 1 aliphatic rings. The van der Waals surface area contributed by atoms with Gasteiger partial charge in [0.25, 0.3) is 12.3 Å². The Balaban J connectivity index is 2.00. The lowest BCUT2D eigenvalue weighted by Crippen LogP contribution is -2.42. The lowest BCUT2D eigenvalue weighted by molar-refractivity contribution is -0.129. The zero-order valence-electron chi connectivity index (χ0n) is 15.0. The van der Waals surface area contributed by atoms with Gasteiger partial charge in [-0.25, -0.2) is 18.2 Å². The Morgan fingerprint density at radius 2 is 2.00 bits per heavy atom. The van der Waals surface area contributed by atoms with Gasteiger partial charge in [0.1, 0.15) is 17.8 Å². The zero-order chi connectivity index (χ0) is 20.8. The number of aromatic nitrogens is 2. The Hall–Kier alpha value is -3.69. The molecule has 1 atom stereocenters. The minimum Gasteiger partial charge on any atom is -0.369 e. The summed E-state index contributed by atoms with van der Waals surface area (Å²) < 4.78 is 46.3. The molecule has 1 amide bonds. The average molecular weight is 401 g/mol. The first-order valence-electron chi connectivity index (χ1n) is 8.43. The van der Waals surface area contributed by atoms with Gasteiger partial charge in [-0.2, -0.15) is 0 Å². The maximum absolute atomic E-state index is 15.0. The lowest BCUT2D eigenvalue weighted by Gasteiger charge is -2.26. The van der Waals surface area contributed by atoms with E-state index in [-0.39, 0.29) is 22.8 Å². The first-order valence-corrected chi connectivity index (χ1v) is 8.43. The number of carbonyl (C=O) groups is 1. The van der Waals surface area contributed by atoms with Gasteiger partial charge >= 0.3 is 0 Å². The fourth-order valence-electron chi connectivity index (χ4n) is 3.23. The number of rotatable bonds is 4. The van der Waals surface area contributed by atoms with E-state index in [1.165, 1.54) is 25.4 Å². The molecule has 0 fully saturated rings. The molecule has 2 N–H and O–H groups in total. The molecule has 0 spiro atoms. The lowest BCUT2D eigenvalue weighted by atomic mass is 9.84. The molecule has 1 aromatic carbocycles. The predicted octanol–water partition coefficient (Wildman–Crippen LogP) is 2.84. The SMILES string of the molecule is CN1C(=O)C(c2cc(C(F)F)ccn2)(c2cc(-c3ccon3)ccc2F)N=C1N. The van der Waals surface area contributed by atoms with Crippen LogP contribution in [0, 0.1) is 5.82 Å². The number of benzene rings is 1. The summed E-state index contributed by atoms with van der Waals surface area (Å²) in [4.78, 5) is 22.4. The van der Waals surface area contributed by atoms with E-state index < -0.39 is 23.7 Å². The van der Waals surface area contributed by atoms with Gasteiger partial charge in [-0.15, -0.1) is 0 Å². The summed E-state index contributed by atoms with van der Waals surface area (Å²) in [7, 11) is 1.36. The van der Waals surface area contributed by atoms with Gasteiger partial charge in [-0.1, -0.05) is 5.16 Å². The normalized spacial score (nSPS) is 19.1. The number of hydrogen-bond acceptors (Lipinski definition) is 6. The predicted molar refractivity (Wildman–Crippen MR) is 96.3 cm³/mol. The number of likely N-dealkylation sites (N-methyl/N-ethyl adjacent to an activating group) is 1. The van der Waals surface area contributed by atoms with Crippen LogP contribution in [0.3, 0.4) is 0 Å². The second kappa shape index (κ2) is 6.73. The van der Waals surface area contributed by atoms with E-state index in [1.54, 1.807) is 6.07 Å². The monoisotopic (exact) mass is 401 g/mol. The molecule has 148 valence electrons. The van der Waals surface area contributed by atoms with Crippen LogP contribution in [0.15, 0.2) is 58.4 Å². The Labute approximate surface area is 162 Å². The molecule has 0 saturated heterocycles. The Kier molecular flexibility index (Phi) is 4.33. The maximum atomic E-state index is 15.0. The fraction of sp³-hybridized carbons (Fsp3) is 0.158. The third-order valence-corrected chi connectivity index (χ3v) is 4.74. The number of hydrogen-bond donors (Lipinski definition) is 1. The largest absolute Gasteiger partial charge is 0.369 e. The van der Waals surface area contributed by atoms with Crippen LogP contribution in [-0.4, -0.2) is 34.0 Å². The van der Waals surface area contributed by atoms with Crippen LogP contribution in [-0.2, 0) is 10.3 Å². The molecule has 3 aromatic rings. The highest BCUT2D eigenvalue weighted by molar-refractivity contribution is 6.08. The smallest absolute Gasteiger partial charge is 0.268 e. The van der Waals surface area contributed by atoms with Crippen LogP contribution in [0.2, 0.25) is 0 Å². The van der Waals surface area contributed by atoms with Crippen molar-refractivity contribution >= 4 is 11.9 Å². The molecular formula is C19H14F3N5O2. The number of amides is 1. The van der Waals surface area contributed by atoms with Crippen LogP contribution in [0.4, 0.5) is 13.2 Å². The summed E-state index contributed by atoms with van der Waals surface area (Å²) in [6.45, 7) is 0. The zero-order valence-corrected chi connectivity index (χ0v) is 15.0. The molecule has 0 aliphatic carbocycles. The molecule has 7 nitrogen and oxygen atoms in total.